The first-order valence-electron chi connectivity index (χ1n) is 6.82. The van der Waals surface area contributed by atoms with Crippen LogP contribution in [-0.2, 0) is 6.18 Å². The van der Waals surface area contributed by atoms with Crippen molar-refractivity contribution < 1.29 is 13.2 Å². The first kappa shape index (κ1) is 16.0. The lowest BCUT2D eigenvalue weighted by Gasteiger charge is -2.24. The Bertz CT molecular complexity index is 364. The zero-order valence-electron chi connectivity index (χ0n) is 11.5. The smallest absolute Gasteiger partial charge is 0.324 e. The van der Waals surface area contributed by atoms with Crippen LogP contribution in [0.3, 0.4) is 0 Å². The molecule has 1 nitrogen and oxygen atoms in total. The first-order valence-corrected chi connectivity index (χ1v) is 6.82. The maximum atomic E-state index is 12.5. The van der Waals surface area contributed by atoms with Crippen LogP contribution in [0.15, 0.2) is 24.3 Å². The van der Waals surface area contributed by atoms with Gasteiger partial charge in [0.15, 0.2) is 0 Å². The third-order valence-electron chi connectivity index (χ3n) is 3.45. The number of nitrogens with two attached hydrogens (primary N) is 1. The first-order chi connectivity index (χ1) is 8.90. The van der Waals surface area contributed by atoms with Gasteiger partial charge in [-0.3, -0.25) is 0 Å². The lowest BCUT2D eigenvalue weighted by atomic mass is 9.86. The van der Waals surface area contributed by atoms with Crippen molar-refractivity contribution in [3.8, 4) is 0 Å². The summed E-state index contributed by atoms with van der Waals surface area (Å²) in [6.07, 6.45) is -0.182. The average molecular weight is 273 g/mol. The Hall–Kier alpha value is -1.03. The van der Waals surface area contributed by atoms with Gasteiger partial charge in [-0.25, -0.2) is 0 Å². The van der Waals surface area contributed by atoms with E-state index in [0.717, 1.165) is 43.4 Å². The molecule has 0 radical (unpaired) electrons. The minimum absolute atomic E-state index is 0.179. The number of rotatable bonds is 6. The highest BCUT2D eigenvalue weighted by Crippen LogP contribution is 2.32. The molecule has 1 aromatic carbocycles. The quantitative estimate of drug-likeness (QED) is 0.782. The summed E-state index contributed by atoms with van der Waals surface area (Å²) < 4.78 is 37.5. The molecule has 2 N–H and O–H groups in total. The molecule has 0 aliphatic heterocycles. The summed E-state index contributed by atoms with van der Waals surface area (Å²) in [6.45, 7) is 4.20. The van der Waals surface area contributed by atoms with Crippen LogP contribution < -0.4 is 5.73 Å². The molecule has 0 bridgehead atoms. The summed E-state index contributed by atoms with van der Waals surface area (Å²) in [5, 5.41) is 0. The SMILES string of the molecule is CCCC(CCC)C(N)c1ccc(C(F)(F)F)cc1. The molecule has 1 unspecified atom stereocenters. The predicted octanol–water partition coefficient (Wildman–Crippen LogP) is 4.92. The van der Waals surface area contributed by atoms with E-state index in [4.69, 9.17) is 5.73 Å². The second kappa shape index (κ2) is 6.94. The Labute approximate surface area is 113 Å². The van der Waals surface area contributed by atoms with E-state index in [-0.39, 0.29) is 6.04 Å². The second-order valence-corrected chi connectivity index (χ2v) is 4.98. The van der Waals surface area contributed by atoms with Crippen LogP contribution in [-0.4, -0.2) is 0 Å². The molecule has 0 aromatic heterocycles. The molecular formula is C15H22F3N. The van der Waals surface area contributed by atoms with Crippen LogP contribution in [0.5, 0.6) is 0 Å². The fourth-order valence-electron chi connectivity index (χ4n) is 2.41. The summed E-state index contributed by atoms with van der Waals surface area (Å²) >= 11 is 0. The van der Waals surface area contributed by atoms with Crippen molar-refractivity contribution in [2.45, 2.75) is 51.7 Å². The maximum Gasteiger partial charge on any atom is 0.416 e. The Morgan fingerprint density at radius 3 is 1.84 bits per heavy atom. The molecule has 0 amide bonds. The van der Waals surface area contributed by atoms with E-state index >= 15 is 0 Å². The highest BCUT2D eigenvalue weighted by atomic mass is 19.4. The molecule has 0 aliphatic rings. The van der Waals surface area contributed by atoms with Crippen molar-refractivity contribution in [1.82, 2.24) is 0 Å². The molecule has 0 aliphatic carbocycles. The summed E-state index contributed by atoms with van der Waals surface area (Å²) in [5.41, 5.74) is 6.36. The molecular weight excluding hydrogens is 251 g/mol. The number of halogens is 3. The molecule has 0 heterocycles. The summed E-state index contributed by atoms with van der Waals surface area (Å²) in [7, 11) is 0. The minimum atomic E-state index is -4.28. The lowest BCUT2D eigenvalue weighted by Crippen LogP contribution is -2.21. The molecule has 19 heavy (non-hydrogen) atoms. The largest absolute Gasteiger partial charge is 0.416 e. The zero-order valence-corrected chi connectivity index (χ0v) is 11.5. The number of hydrogen-bond acceptors (Lipinski definition) is 1. The van der Waals surface area contributed by atoms with Gasteiger partial charge in [0.1, 0.15) is 0 Å². The van der Waals surface area contributed by atoms with E-state index in [1.165, 1.54) is 12.1 Å². The van der Waals surface area contributed by atoms with Gasteiger partial charge >= 0.3 is 6.18 Å². The van der Waals surface area contributed by atoms with Gasteiger partial charge in [-0.1, -0.05) is 38.8 Å². The third kappa shape index (κ3) is 4.53. The molecule has 4 heteroatoms. The fraction of sp³-hybridized carbons (Fsp3) is 0.600. The van der Waals surface area contributed by atoms with Crippen molar-refractivity contribution >= 4 is 0 Å². The third-order valence-corrected chi connectivity index (χ3v) is 3.45. The van der Waals surface area contributed by atoms with Gasteiger partial charge in [0.25, 0.3) is 0 Å². The molecule has 0 saturated carbocycles. The predicted molar refractivity (Wildman–Crippen MR) is 71.7 cm³/mol. The van der Waals surface area contributed by atoms with Crippen molar-refractivity contribution in [2.75, 3.05) is 0 Å². The van der Waals surface area contributed by atoms with Crippen LogP contribution >= 0.6 is 0 Å². The van der Waals surface area contributed by atoms with Crippen molar-refractivity contribution in [1.29, 1.82) is 0 Å². The topological polar surface area (TPSA) is 26.0 Å². The normalized spacial score (nSPS) is 13.8. The Morgan fingerprint density at radius 1 is 1.00 bits per heavy atom. The Kier molecular flexibility index (Phi) is 5.85. The molecule has 1 atom stereocenters. The van der Waals surface area contributed by atoms with Gasteiger partial charge in [0, 0.05) is 6.04 Å². The van der Waals surface area contributed by atoms with Crippen LogP contribution in [0.4, 0.5) is 13.2 Å². The van der Waals surface area contributed by atoms with E-state index in [1.807, 2.05) is 0 Å². The monoisotopic (exact) mass is 273 g/mol. The van der Waals surface area contributed by atoms with Crippen LogP contribution in [0.2, 0.25) is 0 Å². The van der Waals surface area contributed by atoms with E-state index < -0.39 is 11.7 Å². The van der Waals surface area contributed by atoms with Gasteiger partial charge in [-0.2, -0.15) is 13.2 Å². The maximum absolute atomic E-state index is 12.5. The van der Waals surface area contributed by atoms with E-state index in [1.54, 1.807) is 0 Å². The lowest BCUT2D eigenvalue weighted by molar-refractivity contribution is -0.137. The standard InChI is InChI=1S/C15H22F3N/c1-3-5-11(6-4-2)14(19)12-7-9-13(10-8-12)15(16,17)18/h7-11,14H,3-6,19H2,1-2H3. The summed E-state index contributed by atoms with van der Waals surface area (Å²) in [5.74, 6) is 0.340. The number of benzene rings is 1. The average Bonchev–Trinajstić information content (AvgIpc) is 2.37. The van der Waals surface area contributed by atoms with Gasteiger partial charge in [-0.15, -0.1) is 0 Å². The van der Waals surface area contributed by atoms with E-state index in [9.17, 15) is 13.2 Å². The van der Waals surface area contributed by atoms with Crippen LogP contribution in [0.25, 0.3) is 0 Å². The Balaban J connectivity index is 2.83. The molecule has 0 spiro atoms. The Morgan fingerprint density at radius 2 is 1.47 bits per heavy atom. The molecule has 0 fully saturated rings. The van der Waals surface area contributed by atoms with E-state index in [2.05, 4.69) is 13.8 Å². The fourth-order valence-corrected chi connectivity index (χ4v) is 2.41. The van der Waals surface area contributed by atoms with Gasteiger partial charge in [0.2, 0.25) is 0 Å². The van der Waals surface area contributed by atoms with E-state index in [0.29, 0.717) is 5.92 Å². The van der Waals surface area contributed by atoms with Gasteiger partial charge < -0.3 is 5.73 Å². The highest BCUT2D eigenvalue weighted by Gasteiger charge is 2.30. The number of alkyl halides is 3. The molecule has 0 saturated heterocycles. The number of hydrogen-bond donors (Lipinski definition) is 1. The highest BCUT2D eigenvalue weighted by molar-refractivity contribution is 5.27. The van der Waals surface area contributed by atoms with Crippen molar-refractivity contribution in [3.05, 3.63) is 35.4 Å². The summed E-state index contributed by atoms with van der Waals surface area (Å²) in [4.78, 5) is 0. The van der Waals surface area contributed by atoms with Crippen LogP contribution in [0.1, 0.15) is 56.7 Å². The molecule has 1 rings (SSSR count). The van der Waals surface area contributed by atoms with Gasteiger partial charge in [-0.05, 0) is 36.5 Å². The van der Waals surface area contributed by atoms with Gasteiger partial charge in [0.05, 0.1) is 5.56 Å². The molecule has 108 valence electrons. The summed E-state index contributed by atoms with van der Waals surface area (Å²) in [6, 6.07) is 5.06. The van der Waals surface area contributed by atoms with Crippen molar-refractivity contribution in [3.63, 3.8) is 0 Å². The second-order valence-electron chi connectivity index (χ2n) is 4.98. The zero-order chi connectivity index (χ0) is 14.5. The van der Waals surface area contributed by atoms with Crippen molar-refractivity contribution in [2.24, 2.45) is 11.7 Å². The minimum Gasteiger partial charge on any atom is -0.324 e. The molecule has 1 aromatic rings. The van der Waals surface area contributed by atoms with Crippen LogP contribution in [0, 0.1) is 5.92 Å².